The Morgan fingerprint density at radius 1 is 1.33 bits per heavy atom. The smallest absolute Gasteiger partial charge is 0.0719 e. The van der Waals surface area contributed by atoms with Gasteiger partial charge in [-0.25, -0.2) is 0 Å². The van der Waals surface area contributed by atoms with Crippen LogP contribution in [0.2, 0.25) is 10.0 Å². The van der Waals surface area contributed by atoms with Crippen LogP contribution < -0.4 is 5.32 Å². The van der Waals surface area contributed by atoms with Crippen LogP contribution >= 0.6 is 39.1 Å². The van der Waals surface area contributed by atoms with Crippen LogP contribution in [0.3, 0.4) is 0 Å². The van der Waals surface area contributed by atoms with Gasteiger partial charge in [0.25, 0.3) is 0 Å². The molecule has 0 aromatic heterocycles. The van der Waals surface area contributed by atoms with Gasteiger partial charge in [0, 0.05) is 11.0 Å². The van der Waals surface area contributed by atoms with Gasteiger partial charge in [-0.2, -0.15) is 0 Å². The van der Waals surface area contributed by atoms with E-state index in [1.54, 1.807) is 0 Å². The van der Waals surface area contributed by atoms with E-state index in [1.165, 1.54) is 0 Å². The Labute approximate surface area is 109 Å². The molecular formula is C11H14BrCl2N. The molecular weight excluding hydrogens is 297 g/mol. The van der Waals surface area contributed by atoms with Crippen molar-refractivity contribution in [2.24, 2.45) is 5.92 Å². The van der Waals surface area contributed by atoms with Gasteiger partial charge in [-0.3, -0.25) is 0 Å². The van der Waals surface area contributed by atoms with E-state index in [4.69, 9.17) is 23.2 Å². The van der Waals surface area contributed by atoms with E-state index in [0.29, 0.717) is 16.0 Å². The molecule has 0 saturated heterocycles. The lowest BCUT2D eigenvalue weighted by Gasteiger charge is -2.14. The number of benzene rings is 1. The predicted octanol–water partition coefficient (Wildman–Crippen LogP) is 5.21. The monoisotopic (exact) mass is 309 g/mol. The molecule has 1 atom stereocenters. The predicted molar refractivity (Wildman–Crippen MR) is 72.1 cm³/mol. The summed E-state index contributed by atoms with van der Waals surface area (Å²) in [5.74, 6) is 0.612. The highest BCUT2D eigenvalue weighted by atomic mass is 79.9. The van der Waals surface area contributed by atoms with Crippen LogP contribution in [0.15, 0.2) is 16.6 Å². The maximum atomic E-state index is 6.08. The molecule has 0 radical (unpaired) electrons. The number of anilines is 1. The first-order valence-electron chi connectivity index (χ1n) is 4.93. The van der Waals surface area contributed by atoms with Crippen molar-refractivity contribution >= 4 is 44.8 Å². The summed E-state index contributed by atoms with van der Waals surface area (Å²) < 4.78 is 0.895. The fraction of sp³-hybridized carbons (Fsp3) is 0.455. The fourth-order valence-corrected chi connectivity index (χ4v) is 2.47. The van der Waals surface area contributed by atoms with Crippen LogP contribution in [0.1, 0.15) is 20.3 Å². The van der Waals surface area contributed by atoms with Gasteiger partial charge in [0.1, 0.15) is 0 Å². The Morgan fingerprint density at radius 2 is 1.87 bits per heavy atom. The van der Waals surface area contributed by atoms with Gasteiger partial charge in [0.2, 0.25) is 0 Å². The summed E-state index contributed by atoms with van der Waals surface area (Å²) >= 11 is 15.5. The van der Waals surface area contributed by atoms with Gasteiger partial charge in [-0.15, -0.1) is 0 Å². The summed E-state index contributed by atoms with van der Waals surface area (Å²) in [6.07, 6.45) is 1.14. The number of hydrogen-bond donors (Lipinski definition) is 1. The van der Waals surface area contributed by atoms with Crippen LogP contribution in [-0.4, -0.2) is 6.54 Å². The van der Waals surface area contributed by atoms with Crippen LogP contribution in [0.25, 0.3) is 0 Å². The highest BCUT2D eigenvalue weighted by Crippen LogP contribution is 2.33. The topological polar surface area (TPSA) is 12.0 Å². The molecule has 0 fully saturated rings. The molecule has 0 spiro atoms. The lowest BCUT2D eigenvalue weighted by atomic mass is 10.1. The van der Waals surface area contributed by atoms with Crippen molar-refractivity contribution in [2.75, 3.05) is 11.9 Å². The number of halogens is 3. The first-order chi connectivity index (χ1) is 7.04. The molecule has 1 unspecified atom stereocenters. The summed E-state index contributed by atoms with van der Waals surface area (Å²) in [7, 11) is 0. The molecule has 0 aliphatic rings. The quantitative estimate of drug-likeness (QED) is 0.804. The maximum Gasteiger partial charge on any atom is 0.0719 e. The molecule has 84 valence electrons. The molecule has 1 aromatic carbocycles. The first kappa shape index (κ1) is 13.1. The summed E-state index contributed by atoms with van der Waals surface area (Å²) in [6, 6.07) is 3.68. The third-order valence-corrected chi connectivity index (χ3v) is 3.39. The molecule has 0 amide bonds. The Bertz CT molecular complexity index is 318. The number of nitrogens with one attached hydrogen (secondary N) is 1. The molecule has 4 heteroatoms. The minimum Gasteiger partial charge on any atom is -0.382 e. The fourth-order valence-electron chi connectivity index (χ4n) is 1.13. The average Bonchev–Trinajstić information content (AvgIpc) is 2.15. The van der Waals surface area contributed by atoms with Gasteiger partial charge < -0.3 is 5.32 Å². The van der Waals surface area contributed by atoms with Crippen molar-refractivity contribution in [3.8, 4) is 0 Å². The molecule has 0 saturated carbocycles. The van der Waals surface area contributed by atoms with E-state index in [0.717, 1.165) is 23.1 Å². The van der Waals surface area contributed by atoms with Gasteiger partial charge in [-0.05, 0) is 18.1 Å². The Hall–Kier alpha value is 0.0800. The zero-order valence-electron chi connectivity index (χ0n) is 8.78. The number of hydrogen-bond acceptors (Lipinski definition) is 1. The minimum atomic E-state index is 0.612. The molecule has 0 aliphatic carbocycles. The Balaban J connectivity index is 2.77. The highest BCUT2D eigenvalue weighted by molar-refractivity contribution is 9.10. The second-order valence-corrected chi connectivity index (χ2v) is 5.37. The second kappa shape index (κ2) is 5.97. The zero-order chi connectivity index (χ0) is 11.4. The summed E-state index contributed by atoms with van der Waals surface area (Å²) in [5, 5.41) is 4.58. The molecule has 0 bridgehead atoms. The van der Waals surface area contributed by atoms with Crippen LogP contribution in [-0.2, 0) is 0 Å². The van der Waals surface area contributed by atoms with Crippen molar-refractivity contribution in [1.29, 1.82) is 0 Å². The van der Waals surface area contributed by atoms with Crippen molar-refractivity contribution in [3.63, 3.8) is 0 Å². The molecule has 1 rings (SSSR count). The van der Waals surface area contributed by atoms with E-state index in [-0.39, 0.29) is 0 Å². The average molecular weight is 311 g/mol. The third-order valence-electron chi connectivity index (χ3n) is 2.33. The molecule has 1 aromatic rings. The third kappa shape index (κ3) is 3.86. The van der Waals surface area contributed by atoms with Crippen molar-refractivity contribution in [1.82, 2.24) is 0 Å². The standard InChI is InChI=1S/C11H14BrCl2N/c1-3-7(2)6-15-11-9(13)4-8(12)5-10(11)14/h4-5,7,15H,3,6H2,1-2H3. The Morgan fingerprint density at radius 3 is 2.33 bits per heavy atom. The normalized spacial score (nSPS) is 12.6. The lowest BCUT2D eigenvalue weighted by Crippen LogP contribution is -2.10. The van der Waals surface area contributed by atoms with Crippen molar-refractivity contribution in [2.45, 2.75) is 20.3 Å². The summed E-state index contributed by atoms with van der Waals surface area (Å²) in [4.78, 5) is 0. The molecule has 0 aliphatic heterocycles. The molecule has 15 heavy (non-hydrogen) atoms. The molecule has 0 heterocycles. The lowest BCUT2D eigenvalue weighted by molar-refractivity contribution is 0.593. The highest BCUT2D eigenvalue weighted by Gasteiger charge is 2.08. The minimum absolute atomic E-state index is 0.612. The summed E-state index contributed by atoms with van der Waals surface area (Å²) in [6.45, 7) is 5.24. The van der Waals surface area contributed by atoms with Crippen LogP contribution in [0.5, 0.6) is 0 Å². The van der Waals surface area contributed by atoms with E-state index in [2.05, 4.69) is 35.1 Å². The van der Waals surface area contributed by atoms with Crippen LogP contribution in [0, 0.1) is 5.92 Å². The van der Waals surface area contributed by atoms with Crippen molar-refractivity contribution in [3.05, 3.63) is 26.7 Å². The van der Waals surface area contributed by atoms with Gasteiger partial charge in [0.05, 0.1) is 15.7 Å². The van der Waals surface area contributed by atoms with E-state index in [1.807, 2.05) is 12.1 Å². The SMILES string of the molecule is CCC(C)CNc1c(Cl)cc(Br)cc1Cl. The van der Waals surface area contributed by atoms with Crippen LogP contribution in [0.4, 0.5) is 5.69 Å². The summed E-state index contributed by atoms with van der Waals surface area (Å²) in [5.41, 5.74) is 0.821. The largest absolute Gasteiger partial charge is 0.382 e. The van der Waals surface area contributed by atoms with E-state index >= 15 is 0 Å². The maximum absolute atomic E-state index is 6.08. The van der Waals surface area contributed by atoms with Gasteiger partial charge >= 0.3 is 0 Å². The van der Waals surface area contributed by atoms with E-state index < -0.39 is 0 Å². The van der Waals surface area contributed by atoms with Crippen molar-refractivity contribution < 1.29 is 0 Å². The molecule has 1 N–H and O–H groups in total. The molecule has 1 nitrogen and oxygen atoms in total. The van der Waals surface area contributed by atoms with Gasteiger partial charge in [-0.1, -0.05) is 59.4 Å². The first-order valence-corrected chi connectivity index (χ1v) is 6.48. The van der Waals surface area contributed by atoms with E-state index in [9.17, 15) is 0 Å². The second-order valence-electron chi connectivity index (χ2n) is 3.64. The zero-order valence-corrected chi connectivity index (χ0v) is 11.9. The van der Waals surface area contributed by atoms with Gasteiger partial charge in [0.15, 0.2) is 0 Å². The number of rotatable bonds is 4. The Kier molecular flexibility index (Phi) is 5.24.